The predicted molar refractivity (Wildman–Crippen MR) is 134 cm³/mol. The number of benzene rings is 1. The van der Waals surface area contributed by atoms with Gasteiger partial charge in [0, 0.05) is 29.9 Å². The fraction of sp³-hybridized carbons (Fsp3) is 0.333. The molecule has 2 aliphatic heterocycles. The summed E-state index contributed by atoms with van der Waals surface area (Å²) < 4.78 is 0. The Morgan fingerprint density at radius 2 is 1.97 bits per heavy atom. The smallest absolute Gasteiger partial charge is 0.174 e. The van der Waals surface area contributed by atoms with Gasteiger partial charge in [0.25, 0.3) is 0 Å². The maximum Gasteiger partial charge on any atom is 0.174 e. The summed E-state index contributed by atoms with van der Waals surface area (Å²) in [6.45, 7) is 4.44. The van der Waals surface area contributed by atoms with Gasteiger partial charge in [-0.05, 0) is 72.8 Å². The lowest BCUT2D eigenvalue weighted by Gasteiger charge is -2.33. The van der Waals surface area contributed by atoms with Crippen molar-refractivity contribution in [1.29, 1.82) is 0 Å². The highest BCUT2D eigenvalue weighted by molar-refractivity contribution is 7.80. The highest BCUT2D eigenvalue weighted by atomic mass is 35.5. The number of halogens is 1. The van der Waals surface area contributed by atoms with Crippen LogP contribution in [0.1, 0.15) is 42.4 Å². The van der Waals surface area contributed by atoms with Crippen LogP contribution in [0, 0.1) is 5.92 Å². The fourth-order valence-electron chi connectivity index (χ4n) is 4.53. The predicted octanol–water partition coefficient (Wildman–Crippen LogP) is 6.21. The van der Waals surface area contributed by atoms with E-state index in [2.05, 4.69) is 68.8 Å². The topological polar surface area (TPSA) is 31.4 Å². The Balaban J connectivity index is 1.49. The molecule has 2 aromatic heterocycles. The molecule has 0 bridgehead atoms. The van der Waals surface area contributed by atoms with Crippen molar-refractivity contribution >= 4 is 51.6 Å². The van der Waals surface area contributed by atoms with Gasteiger partial charge in [-0.1, -0.05) is 30.7 Å². The van der Waals surface area contributed by atoms with Gasteiger partial charge in [0.05, 0.1) is 28.5 Å². The molecule has 160 valence electrons. The second-order valence-electron chi connectivity index (χ2n) is 8.32. The van der Waals surface area contributed by atoms with Gasteiger partial charge >= 0.3 is 0 Å². The molecule has 2 unspecified atom stereocenters. The van der Waals surface area contributed by atoms with Gasteiger partial charge in [-0.3, -0.25) is 4.98 Å². The molecule has 2 atom stereocenters. The van der Waals surface area contributed by atoms with Crippen LogP contribution in [0.3, 0.4) is 0 Å². The summed E-state index contributed by atoms with van der Waals surface area (Å²) in [6.07, 6.45) is 4.26. The monoisotopic (exact) mass is 468 g/mol. The summed E-state index contributed by atoms with van der Waals surface area (Å²) in [5, 5.41) is 7.09. The summed E-state index contributed by atoms with van der Waals surface area (Å²) >= 11 is 14.4. The molecule has 0 amide bonds. The second kappa shape index (κ2) is 8.77. The quantitative estimate of drug-likeness (QED) is 0.460. The Labute approximate surface area is 197 Å². The zero-order chi connectivity index (χ0) is 21.4. The molecular formula is C24H25ClN4S2. The van der Waals surface area contributed by atoms with Crippen LogP contribution < -0.4 is 15.1 Å². The first-order valence-corrected chi connectivity index (χ1v) is 12.4. The van der Waals surface area contributed by atoms with E-state index in [4.69, 9.17) is 23.8 Å². The molecule has 4 nitrogen and oxygen atoms in total. The Bertz CT molecular complexity index is 1050. The highest BCUT2D eigenvalue weighted by Gasteiger charge is 2.41. The number of thiophene rings is 1. The summed E-state index contributed by atoms with van der Waals surface area (Å²) in [5.41, 5.74) is 3.11. The third kappa shape index (κ3) is 4.04. The van der Waals surface area contributed by atoms with Crippen molar-refractivity contribution in [3.8, 4) is 0 Å². The van der Waals surface area contributed by atoms with E-state index < -0.39 is 0 Å². The third-order valence-corrected chi connectivity index (χ3v) is 7.83. The lowest BCUT2D eigenvalue weighted by molar-refractivity contribution is 0.438. The Kier molecular flexibility index (Phi) is 5.87. The Hall–Kier alpha value is -2.15. The van der Waals surface area contributed by atoms with E-state index in [0.29, 0.717) is 5.11 Å². The molecule has 4 heterocycles. The molecule has 31 heavy (non-hydrogen) atoms. The second-order valence-corrected chi connectivity index (χ2v) is 10.1. The maximum atomic E-state index is 6.81. The number of anilines is 2. The largest absolute Gasteiger partial charge is 0.370 e. The molecule has 7 heteroatoms. The van der Waals surface area contributed by atoms with Gasteiger partial charge in [0.15, 0.2) is 5.11 Å². The van der Waals surface area contributed by atoms with Crippen molar-refractivity contribution in [2.75, 3.05) is 22.9 Å². The molecule has 0 aliphatic carbocycles. The van der Waals surface area contributed by atoms with Crippen molar-refractivity contribution in [2.45, 2.75) is 31.8 Å². The van der Waals surface area contributed by atoms with Crippen molar-refractivity contribution in [3.05, 3.63) is 75.7 Å². The minimum absolute atomic E-state index is 0.0191. The molecular weight excluding hydrogens is 444 g/mol. The van der Waals surface area contributed by atoms with Crippen LogP contribution in [-0.2, 0) is 0 Å². The molecule has 0 radical (unpaired) electrons. The van der Waals surface area contributed by atoms with Gasteiger partial charge in [-0.2, -0.15) is 0 Å². The summed E-state index contributed by atoms with van der Waals surface area (Å²) in [6, 6.07) is 16.6. The average molecular weight is 469 g/mol. The number of hydrogen-bond acceptors (Lipinski definition) is 4. The molecule has 0 spiro atoms. The standard InChI is InChI=1S/C24H25ClN4S2/c1-16-9-12-28(13-10-16)20-8-7-17(15-18(20)25)29-23(21-6-4-14-31-21)22(27-24(29)30)19-5-2-3-11-26-19/h2-8,11,14-16,22-23H,9-10,12-13H2,1H3,(H,27,30). The van der Waals surface area contributed by atoms with E-state index in [1.807, 2.05) is 18.3 Å². The molecule has 3 aromatic rings. The van der Waals surface area contributed by atoms with E-state index in [0.717, 1.165) is 41.1 Å². The number of hydrogen-bond donors (Lipinski definition) is 1. The van der Waals surface area contributed by atoms with E-state index in [-0.39, 0.29) is 12.1 Å². The van der Waals surface area contributed by atoms with E-state index in [1.165, 1.54) is 17.7 Å². The van der Waals surface area contributed by atoms with Crippen molar-refractivity contribution < 1.29 is 0 Å². The lowest BCUT2D eigenvalue weighted by Crippen LogP contribution is -2.33. The number of thiocarbonyl (C=S) groups is 1. The first-order valence-electron chi connectivity index (χ1n) is 10.7. The van der Waals surface area contributed by atoms with Gasteiger partial charge in [0.2, 0.25) is 0 Å². The zero-order valence-electron chi connectivity index (χ0n) is 17.4. The Morgan fingerprint density at radius 1 is 1.13 bits per heavy atom. The number of piperidine rings is 1. The number of pyridine rings is 1. The SMILES string of the molecule is CC1CCN(c2ccc(N3C(=S)NC(c4ccccn4)C3c3cccs3)cc2Cl)CC1. The van der Waals surface area contributed by atoms with Crippen LogP contribution >= 0.6 is 35.2 Å². The molecule has 0 saturated carbocycles. The lowest BCUT2D eigenvalue weighted by atomic mass is 9.98. The van der Waals surface area contributed by atoms with Gasteiger partial charge < -0.3 is 15.1 Å². The van der Waals surface area contributed by atoms with E-state index in [9.17, 15) is 0 Å². The number of nitrogens with zero attached hydrogens (tertiary/aromatic N) is 3. The van der Waals surface area contributed by atoms with Crippen molar-refractivity contribution in [2.24, 2.45) is 5.92 Å². The number of nitrogens with one attached hydrogen (secondary N) is 1. The molecule has 2 aliphatic rings. The van der Waals surface area contributed by atoms with Crippen LogP contribution in [0.4, 0.5) is 11.4 Å². The van der Waals surface area contributed by atoms with Gasteiger partial charge in [0.1, 0.15) is 0 Å². The zero-order valence-corrected chi connectivity index (χ0v) is 19.8. The average Bonchev–Trinajstić information content (AvgIpc) is 3.43. The number of rotatable bonds is 4. The van der Waals surface area contributed by atoms with E-state index in [1.54, 1.807) is 11.3 Å². The molecule has 2 saturated heterocycles. The minimum Gasteiger partial charge on any atom is -0.370 e. The molecule has 1 aromatic carbocycles. The van der Waals surface area contributed by atoms with Crippen molar-refractivity contribution in [3.63, 3.8) is 0 Å². The van der Waals surface area contributed by atoms with Crippen LogP contribution in [0.15, 0.2) is 60.1 Å². The summed E-state index contributed by atoms with van der Waals surface area (Å²) in [5.74, 6) is 0.789. The molecule has 5 rings (SSSR count). The first kappa shape index (κ1) is 20.7. The normalized spacial score (nSPS) is 22.1. The maximum absolute atomic E-state index is 6.81. The van der Waals surface area contributed by atoms with Crippen LogP contribution in [0.5, 0.6) is 0 Å². The van der Waals surface area contributed by atoms with E-state index >= 15 is 0 Å². The fourth-order valence-corrected chi connectivity index (χ4v) is 6.03. The van der Waals surface area contributed by atoms with Gasteiger partial charge in [-0.25, -0.2) is 0 Å². The Morgan fingerprint density at radius 3 is 2.65 bits per heavy atom. The summed E-state index contributed by atoms with van der Waals surface area (Å²) in [7, 11) is 0. The number of aromatic nitrogens is 1. The first-order chi connectivity index (χ1) is 15.1. The third-order valence-electron chi connectivity index (χ3n) is 6.27. The van der Waals surface area contributed by atoms with Crippen LogP contribution in [0.25, 0.3) is 0 Å². The molecule has 1 N–H and O–H groups in total. The molecule has 2 fully saturated rings. The van der Waals surface area contributed by atoms with Gasteiger partial charge in [-0.15, -0.1) is 11.3 Å². The highest BCUT2D eigenvalue weighted by Crippen LogP contribution is 2.44. The van der Waals surface area contributed by atoms with Crippen LogP contribution in [-0.4, -0.2) is 23.2 Å². The minimum atomic E-state index is -0.0191. The summed E-state index contributed by atoms with van der Waals surface area (Å²) in [4.78, 5) is 10.4. The van der Waals surface area contributed by atoms with Crippen LogP contribution in [0.2, 0.25) is 5.02 Å². The van der Waals surface area contributed by atoms with Crippen molar-refractivity contribution in [1.82, 2.24) is 10.3 Å².